The average Bonchev–Trinajstić information content (AvgIpc) is 2.61. The van der Waals surface area contributed by atoms with Crippen LogP contribution in [0.4, 0.5) is 0 Å². The van der Waals surface area contributed by atoms with E-state index in [0.717, 1.165) is 47.3 Å². The largest absolute Gasteiger partial charge is 0.497 e. The van der Waals surface area contributed by atoms with Crippen LogP contribution in [0.3, 0.4) is 0 Å². The highest BCUT2D eigenvalue weighted by Crippen LogP contribution is 2.28. The fraction of sp³-hybridized carbons (Fsp3) is 0.227. The number of ether oxygens (including phenoxy) is 1. The third-order valence-corrected chi connectivity index (χ3v) is 4.35. The summed E-state index contributed by atoms with van der Waals surface area (Å²) in [5, 5.41) is 0. The summed E-state index contributed by atoms with van der Waals surface area (Å²) in [5.74, 6) is 1.00. The standard InChI is InChI=1S/C22H22O2/c1-16-6-8-17(9-7-16)14-19-4-3-5-20(22(19)23)15-18-10-12-21(24-2)13-11-18/h6-15H,3-5H2,1-2H3/b19-14-,20-15-. The maximum absolute atomic E-state index is 12.8. The Morgan fingerprint density at radius 3 is 1.83 bits per heavy atom. The first-order valence-electron chi connectivity index (χ1n) is 8.32. The van der Waals surface area contributed by atoms with Crippen molar-refractivity contribution in [1.82, 2.24) is 0 Å². The van der Waals surface area contributed by atoms with Crippen LogP contribution >= 0.6 is 0 Å². The topological polar surface area (TPSA) is 26.3 Å². The number of rotatable bonds is 3. The molecule has 1 aliphatic carbocycles. The van der Waals surface area contributed by atoms with E-state index < -0.39 is 0 Å². The van der Waals surface area contributed by atoms with Gasteiger partial charge in [-0.25, -0.2) is 0 Å². The fourth-order valence-corrected chi connectivity index (χ4v) is 2.94. The molecule has 2 nitrogen and oxygen atoms in total. The van der Waals surface area contributed by atoms with Gasteiger partial charge in [-0.1, -0.05) is 42.0 Å². The molecule has 2 heteroatoms. The van der Waals surface area contributed by atoms with Gasteiger partial charge in [-0.15, -0.1) is 0 Å². The summed E-state index contributed by atoms with van der Waals surface area (Å²) in [7, 11) is 1.65. The van der Waals surface area contributed by atoms with Gasteiger partial charge in [0.15, 0.2) is 5.78 Å². The summed E-state index contributed by atoms with van der Waals surface area (Å²) in [6.07, 6.45) is 6.75. The SMILES string of the molecule is COc1ccc(/C=C2/CCC/C(=C/c3ccc(C)cc3)C2=O)cc1. The van der Waals surface area contributed by atoms with E-state index in [-0.39, 0.29) is 5.78 Å². The molecule has 1 fully saturated rings. The van der Waals surface area contributed by atoms with Crippen LogP contribution in [0.25, 0.3) is 12.2 Å². The molecule has 0 heterocycles. The van der Waals surface area contributed by atoms with E-state index in [1.807, 2.05) is 36.4 Å². The third kappa shape index (κ3) is 3.83. The van der Waals surface area contributed by atoms with Gasteiger partial charge >= 0.3 is 0 Å². The van der Waals surface area contributed by atoms with E-state index in [4.69, 9.17) is 4.74 Å². The molecular formula is C22H22O2. The minimum atomic E-state index is 0.178. The van der Waals surface area contributed by atoms with Crippen molar-refractivity contribution in [3.8, 4) is 5.75 Å². The van der Waals surface area contributed by atoms with Crippen molar-refractivity contribution in [1.29, 1.82) is 0 Å². The van der Waals surface area contributed by atoms with E-state index in [1.165, 1.54) is 5.56 Å². The second kappa shape index (κ2) is 7.31. The third-order valence-electron chi connectivity index (χ3n) is 4.35. The maximum Gasteiger partial charge on any atom is 0.185 e. The minimum absolute atomic E-state index is 0.178. The summed E-state index contributed by atoms with van der Waals surface area (Å²) < 4.78 is 5.18. The quantitative estimate of drug-likeness (QED) is 0.725. The van der Waals surface area contributed by atoms with Gasteiger partial charge in [0.05, 0.1) is 7.11 Å². The number of hydrogen-bond acceptors (Lipinski definition) is 2. The van der Waals surface area contributed by atoms with Gasteiger partial charge in [-0.05, 0) is 61.6 Å². The molecule has 24 heavy (non-hydrogen) atoms. The molecule has 0 atom stereocenters. The Morgan fingerprint density at radius 2 is 1.33 bits per heavy atom. The Balaban J connectivity index is 1.83. The Labute approximate surface area is 143 Å². The first kappa shape index (κ1) is 16.3. The first-order chi connectivity index (χ1) is 11.7. The number of allylic oxidation sites excluding steroid dienone is 2. The van der Waals surface area contributed by atoms with Gasteiger partial charge in [0, 0.05) is 11.1 Å². The Kier molecular flexibility index (Phi) is 4.95. The minimum Gasteiger partial charge on any atom is -0.497 e. The molecule has 3 rings (SSSR count). The second-order valence-corrected chi connectivity index (χ2v) is 6.21. The number of carbonyl (C=O) groups excluding carboxylic acids is 1. The fourth-order valence-electron chi connectivity index (χ4n) is 2.94. The molecule has 0 N–H and O–H groups in total. The number of ketones is 1. The Hall–Kier alpha value is -2.61. The lowest BCUT2D eigenvalue weighted by atomic mass is 9.87. The number of hydrogen-bond donors (Lipinski definition) is 0. The molecule has 1 saturated carbocycles. The Bertz CT molecular complexity index is 778. The summed E-state index contributed by atoms with van der Waals surface area (Å²) in [6.45, 7) is 2.07. The lowest BCUT2D eigenvalue weighted by Gasteiger charge is -2.16. The van der Waals surface area contributed by atoms with Crippen molar-refractivity contribution in [2.45, 2.75) is 26.2 Å². The van der Waals surface area contributed by atoms with E-state index >= 15 is 0 Å². The zero-order valence-electron chi connectivity index (χ0n) is 14.2. The van der Waals surface area contributed by atoms with Gasteiger partial charge in [-0.3, -0.25) is 4.79 Å². The summed E-state index contributed by atoms with van der Waals surface area (Å²) in [4.78, 5) is 12.8. The number of aryl methyl sites for hydroxylation is 1. The lowest BCUT2D eigenvalue weighted by Crippen LogP contribution is -2.12. The number of benzene rings is 2. The molecule has 2 aromatic rings. The Morgan fingerprint density at radius 1 is 0.833 bits per heavy atom. The molecule has 1 aliphatic rings. The van der Waals surface area contributed by atoms with Crippen molar-refractivity contribution in [3.63, 3.8) is 0 Å². The molecule has 122 valence electrons. The van der Waals surface area contributed by atoms with Crippen LogP contribution in [0.15, 0.2) is 59.7 Å². The highest BCUT2D eigenvalue weighted by Gasteiger charge is 2.20. The number of carbonyl (C=O) groups is 1. The van der Waals surface area contributed by atoms with Crippen molar-refractivity contribution in [3.05, 3.63) is 76.4 Å². The molecule has 0 aromatic heterocycles. The number of Topliss-reactive ketones (excluding diaryl/α,β-unsaturated/α-hetero) is 1. The molecule has 0 unspecified atom stereocenters. The van der Waals surface area contributed by atoms with Crippen LogP contribution in [-0.2, 0) is 4.79 Å². The molecule has 2 aromatic carbocycles. The normalized spacial score (nSPS) is 18.2. The van der Waals surface area contributed by atoms with Crippen molar-refractivity contribution >= 4 is 17.9 Å². The van der Waals surface area contributed by atoms with Gasteiger partial charge in [0.25, 0.3) is 0 Å². The van der Waals surface area contributed by atoms with Crippen LogP contribution in [0.1, 0.15) is 36.0 Å². The van der Waals surface area contributed by atoms with Crippen LogP contribution in [0.2, 0.25) is 0 Å². The molecule has 0 saturated heterocycles. The van der Waals surface area contributed by atoms with Gasteiger partial charge in [0.2, 0.25) is 0 Å². The van der Waals surface area contributed by atoms with E-state index in [9.17, 15) is 4.79 Å². The predicted octanol–water partition coefficient (Wildman–Crippen LogP) is 5.22. The first-order valence-corrected chi connectivity index (χ1v) is 8.32. The van der Waals surface area contributed by atoms with Crippen LogP contribution < -0.4 is 4.74 Å². The van der Waals surface area contributed by atoms with Crippen molar-refractivity contribution in [2.75, 3.05) is 7.11 Å². The summed E-state index contributed by atoms with van der Waals surface area (Å²) >= 11 is 0. The van der Waals surface area contributed by atoms with E-state index in [1.54, 1.807) is 7.11 Å². The highest BCUT2D eigenvalue weighted by molar-refractivity contribution is 6.13. The zero-order valence-corrected chi connectivity index (χ0v) is 14.2. The second-order valence-electron chi connectivity index (χ2n) is 6.21. The smallest absolute Gasteiger partial charge is 0.185 e. The molecule has 0 radical (unpaired) electrons. The molecule has 0 aliphatic heterocycles. The predicted molar refractivity (Wildman–Crippen MR) is 99.0 cm³/mol. The molecule has 0 amide bonds. The highest BCUT2D eigenvalue weighted by atomic mass is 16.5. The van der Waals surface area contributed by atoms with Crippen molar-refractivity contribution in [2.24, 2.45) is 0 Å². The van der Waals surface area contributed by atoms with Crippen LogP contribution in [-0.4, -0.2) is 12.9 Å². The number of methoxy groups -OCH3 is 1. The van der Waals surface area contributed by atoms with E-state index in [0.29, 0.717) is 0 Å². The van der Waals surface area contributed by atoms with Crippen LogP contribution in [0.5, 0.6) is 5.75 Å². The maximum atomic E-state index is 12.8. The average molecular weight is 318 g/mol. The van der Waals surface area contributed by atoms with Crippen molar-refractivity contribution < 1.29 is 9.53 Å². The summed E-state index contributed by atoms with van der Waals surface area (Å²) in [5.41, 5.74) is 5.16. The zero-order chi connectivity index (χ0) is 16.9. The van der Waals surface area contributed by atoms with Crippen LogP contribution in [0, 0.1) is 6.92 Å². The van der Waals surface area contributed by atoms with Gasteiger partial charge < -0.3 is 4.74 Å². The van der Waals surface area contributed by atoms with E-state index in [2.05, 4.69) is 31.2 Å². The van der Waals surface area contributed by atoms with Gasteiger partial charge in [0.1, 0.15) is 5.75 Å². The van der Waals surface area contributed by atoms with Gasteiger partial charge in [-0.2, -0.15) is 0 Å². The molecule has 0 spiro atoms. The summed E-state index contributed by atoms with van der Waals surface area (Å²) in [6, 6.07) is 16.1. The lowest BCUT2D eigenvalue weighted by molar-refractivity contribution is -0.112. The molecular weight excluding hydrogens is 296 g/mol. The molecule has 0 bridgehead atoms. The monoisotopic (exact) mass is 318 g/mol.